The van der Waals surface area contributed by atoms with Crippen LogP contribution in [0.15, 0.2) is 30.3 Å². The van der Waals surface area contributed by atoms with E-state index in [1.165, 1.54) is 0 Å². The Balaban J connectivity index is 2.03. The number of carboxylic acids is 1. The van der Waals surface area contributed by atoms with Crippen LogP contribution in [0.1, 0.15) is 29.4 Å². The van der Waals surface area contributed by atoms with Crippen LogP contribution in [-0.4, -0.2) is 32.8 Å². The number of aromatic nitrogens is 2. The highest BCUT2D eigenvalue weighted by molar-refractivity contribution is 5.85. The van der Waals surface area contributed by atoms with Gasteiger partial charge in [-0.3, -0.25) is 9.48 Å². The average Bonchev–Trinajstić information content (AvgIpc) is 2.81. The zero-order valence-electron chi connectivity index (χ0n) is 15.1. The van der Waals surface area contributed by atoms with E-state index in [1.54, 1.807) is 4.68 Å². The Kier molecular flexibility index (Phi) is 5.96. The fourth-order valence-electron chi connectivity index (χ4n) is 2.88. The van der Waals surface area contributed by atoms with Crippen LogP contribution in [0.25, 0.3) is 0 Å². The lowest BCUT2D eigenvalue weighted by Crippen LogP contribution is -2.44. The van der Waals surface area contributed by atoms with Gasteiger partial charge in [0.05, 0.1) is 5.69 Å². The molecular formula is C19H25N3O3. The first-order valence-corrected chi connectivity index (χ1v) is 8.35. The number of hydrogen-bond acceptors (Lipinski definition) is 3. The summed E-state index contributed by atoms with van der Waals surface area (Å²) in [6.07, 6.45) is 0.800. The monoisotopic (exact) mass is 343 g/mol. The summed E-state index contributed by atoms with van der Waals surface area (Å²) >= 11 is 0. The molecular weight excluding hydrogens is 318 g/mol. The maximum absolute atomic E-state index is 12.5. The third kappa shape index (κ3) is 4.68. The molecule has 2 rings (SSSR count). The predicted octanol–water partition coefficient (Wildman–Crippen LogP) is 2.03. The van der Waals surface area contributed by atoms with Crippen molar-refractivity contribution in [3.63, 3.8) is 0 Å². The quantitative estimate of drug-likeness (QED) is 0.806. The first-order chi connectivity index (χ1) is 11.8. The van der Waals surface area contributed by atoms with E-state index >= 15 is 0 Å². The second-order valence-corrected chi connectivity index (χ2v) is 6.47. The lowest BCUT2D eigenvalue weighted by molar-refractivity contribution is -0.142. The topological polar surface area (TPSA) is 84.2 Å². The second kappa shape index (κ2) is 7.96. The van der Waals surface area contributed by atoms with E-state index in [4.69, 9.17) is 0 Å². The van der Waals surface area contributed by atoms with Crippen molar-refractivity contribution >= 4 is 11.9 Å². The molecule has 0 aliphatic heterocycles. The molecule has 6 nitrogen and oxygen atoms in total. The molecule has 0 unspecified atom stereocenters. The summed E-state index contributed by atoms with van der Waals surface area (Å²) in [7, 11) is 1.87. The number of aliphatic carboxylic acids is 1. The van der Waals surface area contributed by atoms with E-state index in [9.17, 15) is 14.7 Å². The van der Waals surface area contributed by atoms with Crippen LogP contribution in [0, 0.1) is 19.8 Å². The van der Waals surface area contributed by atoms with Crippen LogP contribution < -0.4 is 5.32 Å². The first-order valence-electron chi connectivity index (χ1n) is 8.35. The van der Waals surface area contributed by atoms with Gasteiger partial charge in [-0.15, -0.1) is 0 Å². The van der Waals surface area contributed by atoms with Gasteiger partial charge in [0.15, 0.2) is 0 Å². The van der Waals surface area contributed by atoms with Gasteiger partial charge >= 0.3 is 5.97 Å². The Morgan fingerprint density at radius 3 is 2.36 bits per heavy atom. The molecule has 0 fully saturated rings. The molecule has 0 radical (unpaired) electrons. The van der Waals surface area contributed by atoms with Crippen LogP contribution in [0.3, 0.4) is 0 Å². The van der Waals surface area contributed by atoms with Crippen molar-refractivity contribution in [2.24, 2.45) is 13.0 Å². The number of aryl methyl sites for hydroxylation is 2. The lowest BCUT2D eigenvalue weighted by Gasteiger charge is -2.18. The molecule has 2 N–H and O–H groups in total. The summed E-state index contributed by atoms with van der Waals surface area (Å²) in [5.41, 5.74) is 3.84. The molecule has 0 spiro atoms. The summed E-state index contributed by atoms with van der Waals surface area (Å²) in [5, 5.41) is 16.4. The van der Waals surface area contributed by atoms with Crippen LogP contribution >= 0.6 is 0 Å². The third-order valence-electron chi connectivity index (χ3n) is 4.51. The molecule has 0 aliphatic rings. The van der Waals surface area contributed by atoms with Crippen molar-refractivity contribution in [1.29, 1.82) is 0 Å². The van der Waals surface area contributed by atoms with Gasteiger partial charge in [-0.2, -0.15) is 5.10 Å². The van der Waals surface area contributed by atoms with Gasteiger partial charge in [0.2, 0.25) is 5.91 Å². The molecule has 0 aliphatic carbocycles. The third-order valence-corrected chi connectivity index (χ3v) is 4.51. The minimum absolute atomic E-state index is 0.258. The molecule has 2 atom stereocenters. The van der Waals surface area contributed by atoms with Crippen LogP contribution in [-0.2, 0) is 29.5 Å². The average molecular weight is 343 g/mol. The van der Waals surface area contributed by atoms with E-state index in [1.807, 2.05) is 58.2 Å². The highest BCUT2D eigenvalue weighted by Crippen LogP contribution is 2.17. The van der Waals surface area contributed by atoms with Gasteiger partial charge in [0, 0.05) is 25.1 Å². The Morgan fingerprint density at radius 2 is 1.84 bits per heavy atom. The molecule has 6 heteroatoms. The van der Waals surface area contributed by atoms with Gasteiger partial charge in [-0.1, -0.05) is 37.3 Å². The van der Waals surface area contributed by atoms with Gasteiger partial charge in [-0.25, -0.2) is 4.79 Å². The summed E-state index contributed by atoms with van der Waals surface area (Å²) in [4.78, 5) is 24.0. The minimum atomic E-state index is -1.03. The molecule has 0 bridgehead atoms. The molecule has 134 valence electrons. The Morgan fingerprint density at radius 1 is 1.20 bits per heavy atom. The fraction of sp³-hybridized carbons (Fsp3) is 0.421. The van der Waals surface area contributed by atoms with Crippen LogP contribution in [0.2, 0.25) is 0 Å². The maximum atomic E-state index is 12.5. The van der Waals surface area contributed by atoms with E-state index in [2.05, 4.69) is 10.4 Å². The lowest BCUT2D eigenvalue weighted by atomic mass is 9.98. The number of benzene rings is 1. The number of carboxylic acid groups (broad SMARTS) is 1. The molecule has 1 heterocycles. The minimum Gasteiger partial charge on any atom is -0.480 e. The number of nitrogens with zero attached hydrogens (tertiary/aromatic N) is 2. The molecule has 1 aromatic carbocycles. The highest BCUT2D eigenvalue weighted by atomic mass is 16.4. The van der Waals surface area contributed by atoms with Crippen LogP contribution in [0.4, 0.5) is 0 Å². The van der Waals surface area contributed by atoms with Crippen molar-refractivity contribution in [3.8, 4) is 0 Å². The zero-order valence-corrected chi connectivity index (χ0v) is 15.1. The molecule has 25 heavy (non-hydrogen) atoms. The standard InChI is InChI=1S/C19H25N3O3/c1-12(10-16-13(2)21-22(4)14(16)3)18(23)20-17(19(24)25)11-15-8-6-5-7-9-15/h5-9,12,17H,10-11H2,1-4H3,(H,20,23)(H,24,25)/t12-,17-/m1/s1. The molecule has 0 saturated heterocycles. The largest absolute Gasteiger partial charge is 0.480 e. The maximum Gasteiger partial charge on any atom is 0.326 e. The summed E-state index contributed by atoms with van der Waals surface area (Å²) in [6, 6.07) is 8.35. The number of carbonyl (C=O) groups excluding carboxylic acids is 1. The normalized spacial score (nSPS) is 13.3. The molecule has 1 amide bonds. The highest BCUT2D eigenvalue weighted by Gasteiger charge is 2.24. The van der Waals surface area contributed by atoms with Gasteiger partial charge in [-0.05, 0) is 31.4 Å². The molecule has 1 aromatic heterocycles. The number of rotatable bonds is 7. The van der Waals surface area contributed by atoms with Gasteiger partial charge in [0.1, 0.15) is 6.04 Å². The van der Waals surface area contributed by atoms with Crippen molar-refractivity contribution in [2.45, 2.75) is 39.7 Å². The van der Waals surface area contributed by atoms with Crippen LogP contribution in [0.5, 0.6) is 0 Å². The molecule has 2 aromatic rings. The number of carbonyl (C=O) groups is 2. The zero-order chi connectivity index (χ0) is 18.6. The van der Waals surface area contributed by atoms with Crippen molar-refractivity contribution in [2.75, 3.05) is 0 Å². The predicted molar refractivity (Wildman–Crippen MR) is 95.3 cm³/mol. The number of hydrogen-bond donors (Lipinski definition) is 2. The first kappa shape index (κ1) is 18.7. The smallest absolute Gasteiger partial charge is 0.326 e. The van der Waals surface area contributed by atoms with E-state index in [0.717, 1.165) is 22.5 Å². The van der Waals surface area contributed by atoms with E-state index in [0.29, 0.717) is 6.42 Å². The Bertz CT molecular complexity index is 753. The Hall–Kier alpha value is -2.63. The summed E-state index contributed by atoms with van der Waals surface area (Å²) < 4.78 is 1.80. The van der Waals surface area contributed by atoms with Crippen molar-refractivity contribution in [3.05, 3.63) is 52.8 Å². The van der Waals surface area contributed by atoms with Crippen molar-refractivity contribution < 1.29 is 14.7 Å². The van der Waals surface area contributed by atoms with Gasteiger partial charge in [0.25, 0.3) is 0 Å². The number of amides is 1. The van der Waals surface area contributed by atoms with E-state index in [-0.39, 0.29) is 18.2 Å². The fourth-order valence-corrected chi connectivity index (χ4v) is 2.88. The SMILES string of the molecule is Cc1nn(C)c(C)c1C[C@@H](C)C(=O)N[C@H](Cc1ccccc1)C(=O)O. The number of nitrogens with one attached hydrogen (secondary N) is 1. The van der Waals surface area contributed by atoms with Gasteiger partial charge < -0.3 is 10.4 Å². The Labute approximate surface area is 147 Å². The molecule has 0 saturated carbocycles. The van der Waals surface area contributed by atoms with E-state index < -0.39 is 12.0 Å². The van der Waals surface area contributed by atoms with Crippen molar-refractivity contribution in [1.82, 2.24) is 15.1 Å². The second-order valence-electron chi connectivity index (χ2n) is 6.47. The summed E-state index contributed by atoms with van der Waals surface area (Å²) in [6.45, 7) is 5.69. The summed E-state index contributed by atoms with van der Waals surface area (Å²) in [5.74, 6) is -1.62.